The van der Waals surface area contributed by atoms with E-state index in [0.717, 1.165) is 61.7 Å². The highest BCUT2D eigenvalue weighted by Gasteiger charge is 2.14. The zero-order valence-corrected chi connectivity index (χ0v) is 52.6. The van der Waals surface area contributed by atoms with E-state index in [0.29, 0.717) is 11.3 Å². The predicted octanol–water partition coefficient (Wildman–Crippen LogP) is 21.3. The van der Waals surface area contributed by atoms with Crippen molar-refractivity contribution in [1.29, 1.82) is 5.26 Å². The third-order valence-electron chi connectivity index (χ3n) is 15.7. The Morgan fingerprint density at radius 2 is 0.667 bits per heavy atom. The summed E-state index contributed by atoms with van der Waals surface area (Å²) in [5, 5.41) is 37.5. The fourth-order valence-corrected chi connectivity index (χ4v) is 10.4. The van der Waals surface area contributed by atoms with E-state index in [1.807, 2.05) is 190 Å². The predicted molar refractivity (Wildman–Crippen MR) is 386 cm³/mol. The number of hydrogen-bond donors (Lipinski definition) is 0. The summed E-state index contributed by atoms with van der Waals surface area (Å²) >= 11 is 0. The smallest absolute Gasteiger partial charge is 0.271 e. The molecule has 0 bridgehead atoms. The molecule has 0 N–H and O–H groups in total. The largest absolute Gasteiger partial charge is 0.346 e. The highest BCUT2D eigenvalue weighted by molar-refractivity contribution is 5.98. The van der Waals surface area contributed by atoms with Crippen molar-refractivity contribution in [3.63, 3.8) is 0 Å². The normalized spacial score (nSPS) is 10.2. The Kier molecular flexibility index (Phi) is 22.0. The van der Waals surface area contributed by atoms with Crippen molar-refractivity contribution in [1.82, 2.24) is 0 Å². The van der Waals surface area contributed by atoms with Crippen LogP contribution in [0.1, 0.15) is 11.1 Å². The fourth-order valence-electron chi connectivity index (χ4n) is 10.4. The lowest BCUT2D eigenvalue weighted by molar-refractivity contribution is -0.385. The Bertz CT molecular complexity index is 4690. The van der Waals surface area contributed by atoms with Gasteiger partial charge in [-0.2, -0.15) is 5.26 Å². The van der Waals surface area contributed by atoms with Crippen LogP contribution in [0.2, 0.25) is 0 Å². The maximum Gasteiger partial charge on any atom is 0.271 e. The van der Waals surface area contributed by atoms with Gasteiger partial charge in [0.25, 0.3) is 11.4 Å². The van der Waals surface area contributed by atoms with Gasteiger partial charge in [-0.1, -0.05) is 181 Å². The van der Waals surface area contributed by atoms with Crippen molar-refractivity contribution < 1.29 is 9.85 Å². The molecular formula is C80H69N9O4. The number of benzene rings is 13. The van der Waals surface area contributed by atoms with Crippen LogP contribution in [0.15, 0.2) is 309 Å². The van der Waals surface area contributed by atoms with E-state index in [4.69, 9.17) is 11.8 Å². The average Bonchev–Trinajstić information content (AvgIpc) is 0.998. The van der Waals surface area contributed by atoms with Crippen molar-refractivity contribution in [2.45, 2.75) is 6.92 Å². The van der Waals surface area contributed by atoms with Gasteiger partial charge in [-0.15, -0.1) is 0 Å². The number of para-hydroxylation sites is 2. The summed E-state index contributed by atoms with van der Waals surface area (Å²) in [7, 11) is 10.0. The standard InChI is InChI=1S/C18H17N.2C17H14N2O2.2C14H12N2/c1-14-10-12-16(13-11-14)19(2)18-9-5-7-15-6-3-4-8-17(15)18;1-18(14-8-5-9-15(12-14)19(20)21)17-11-4-7-13-6-2-3-10-16(13)17;1-18(14-9-11-15(12-10-14)19(20)21)17-8-4-6-13-5-2-3-7-16(13)17;1-15-12-7-6-10-14(11-12)16(2)13-8-4-3-5-9-13;1-16(13-5-3-2-4-6-13)14-9-7-12(11-15)8-10-14/h3-13H,1-2H3;2*2-12H,1H3;3-11H,2H3;2-10H,1H3. The van der Waals surface area contributed by atoms with Crippen LogP contribution in [0.4, 0.5) is 73.9 Å². The molecule has 0 aliphatic carbocycles. The van der Waals surface area contributed by atoms with Gasteiger partial charge in [-0.25, -0.2) is 4.85 Å². The summed E-state index contributed by atoms with van der Waals surface area (Å²) in [6.45, 7) is 9.11. The quantitative estimate of drug-likeness (QED) is 0.0662. The average molecular weight is 1220 g/mol. The van der Waals surface area contributed by atoms with E-state index in [9.17, 15) is 20.2 Å². The van der Waals surface area contributed by atoms with E-state index in [1.54, 1.807) is 24.3 Å². The number of nitro benzene ring substituents is 2. The Balaban J connectivity index is 0.000000138. The highest BCUT2D eigenvalue weighted by Crippen LogP contribution is 2.35. The van der Waals surface area contributed by atoms with E-state index < -0.39 is 0 Å². The second-order valence-corrected chi connectivity index (χ2v) is 21.6. The molecule has 13 heteroatoms. The molecule has 0 aromatic heterocycles. The highest BCUT2D eigenvalue weighted by atomic mass is 16.6. The number of aryl methyl sites for hydroxylation is 1. The van der Waals surface area contributed by atoms with E-state index in [1.165, 1.54) is 51.3 Å². The zero-order valence-electron chi connectivity index (χ0n) is 52.6. The molecule has 0 spiro atoms. The van der Waals surface area contributed by atoms with Gasteiger partial charge < -0.3 is 24.5 Å². The van der Waals surface area contributed by atoms with Crippen LogP contribution in [0.3, 0.4) is 0 Å². The minimum atomic E-state index is -0.387. The van der Waals surface area contributed by atoms with Crippen LogP contribution in [0.5, 0.6) is 0 Å². The molecule has 13 aromatic carbocycles. The van der Waals surface area contributed by atoms with Gasteiger partial charge in [-0.05, 0) is 132 Å². The lowest BCUT2D eigenvalue weighted by atomic mass is 10.1. The first-order valence-corrected chi connectivity index (χ1v) is 30.0. The summed E-state index contributed by atoms with van der Waals surface area (Å²) in [5.41, 5.74) is 13.4. The monoisotopic (exact) mass is 1220 g/mol. The lowest BCUT2D eigenvalue weighted by Gasteiger charge is -2.21. The Morgan fingerprint density at radius 1 is 0.344 bits per heavy atom. The SMILES string of the molecule is CN(c1ccc([N+](=O)[O-])cc1)c1cccc2ccccc12.CN(c1cccc([N+](=O)[O-])c1)c1cccc2ccccc12.CN(c1ccccc1)c1ccc(C#N)cc1.Cc1ccc(N(C)c2cccc3ccccc23)cc1.[C-]#[N+]c1cccc(N(C)c2ccccc2)c1. The molecule has 0 saturated heterocycles. The molecule has 93 heavy (non-hydrogen) atoms. The summed E-state index contributed by atoms with van der Waals surface area (Å²) in [5.74, 6) is 0. The second kappa shape index (κ2) is 31.6. The summed E-state index contributed by atoms with van der Waals surface area (Å²) in [6, 6.07) is 103. The molecular weight excluding hydrogens is 1150 g/mol. The van der Waals surface area contributed by atoms with Crippen molar-refractivity contribution in [3.8, 4) is 6.07 Å². The van der Waals surface area contributed by atoms with E-state index in [-0.39, 0.29) is 21.2 Å². The number of rotatable bonds is 12. The molecule has 13 rings (SSSR count). The van der Waals surface area contributed by atoms with Gasteiger partial charge in [0.15, 0.2) is 5.69 Å². The third-order valence-corrected chi connectivity index (χ3v) is 15.7. The molecule has 0 radical (unpaired) electrons. The number of anilines is 10. The van der Waals surface area contributed by atoms with Crippen LogP contribution < -0.4 is 24.5 Å². The number of nitrogens with zero attached hydrogens (tertiary/aromatic N) is 9. The first-order chi connectivity index (χ1) is 45.2. The van der Waals surface area contributed by atoms with Crippen molar-refractivity contribution in [2.75, 3.05) is 59.7 Å². The molecule has 13 nitrogen and oxygen atoms in total. The number of nitriles is 1. The van der Waals surface area contributed by atoms with E-state index in [2.05, 4.69) is 155 Å². The molecule has 0 fully saturated rings. The summed E-state index contributed by atoms with van der Waals surface area (Å²) in [4.78, 5) is 34.7. The first kappa shape index (κ1) is 64.9. The molecule has 458 valence electrons. The van der Waals surface area contributed by atoms with Crippen molar-refractivity contribution >= 4 is 106 Å². The van der Waals surface area contributed by atoms with Crippen LogP contribution in [-0.2, 0) is 0 Å². The lowest BCUT2D eigenvalue weighted by Crippen LogP contribution is -2.10. The van der Waals surface area contributed by atoms with Gasteiger partial charge in [0, 0.05) is 133 Å². The van der Waals surface area contributed by atoms with Crippen molar-refractivity contribution in [3.05, 3.63) is 352 Å². The third kappa shape index (κ3) is 16.8. The van der Waals surface area contributed by atoms with Gasteiger partial charge in [0.2, 0.25) is 0 Å². The molecule has 13 aromatic rings. The Morgan fingerprint density at radius 3 is 1.10 bits per heavy atom. The number of nitro groups is 2. The number of hydrogen-bond acceptors (Lipinski definition) is 10. The molecule has 0 amide bonds. The van der Waals surface area contributed by atoms with Crippen molar-refractivity contribution in [2.24, 2.45) is 0 Å². The molecule has 0 aliphatic rings. The Labute approximate surface area is 543 Å². The molecule has 0 saturated carbocycles. The molecule has 0 heterocycles. The van der Waals surface area contributed by atoms with E-state index >= 15 is 0 Å². The fraction of sp³-hybridized carbons (Fsp3) is 0.0750. The van der Waals surface area contributed by atoms with Crippen LogP contribution in [0, 0.1) is 45.1 Å². The first-order valence-electron chi connectivity index (χ1n) is 30.0. The summed E-state index contributed by atoms with van der Waals surface area (Å²) < 4.78 is 0. The van der Waals surface area contributed by atoms with Gasteiger partial charge >= 0.3 is 0 Å². The minimum Gasteiger partial charge on any atom is -0.346 e. The molecule has 0 atom stereocenters. The number of non-ortho nitro benzene ring substituents is 2. The molecule has 0 unspecified atom stereocenters. The second-order valence-electron chi connectivity index (χ2n) is 21.6. The number of fused-ring (bicyclic) bond motifs is 3. The van der Waals surface area contributed by atoms with Gasteiger partial charge in [0.05, 0.1) is 28.1 Å². The minimum absolute atomic E-state index is 0.0968. The van der Waals surface area contributed by atoms with Crippen LogP contribution in [-0.4, -0.2) is 45.1 Å². The maximum absolute atomic E-state index is 10.9. The van der Waals surface area contributed by atoms with Crippen LogP contribution in [0.25, 0.3) is 37.2 Å². The Hall–Kier alpha value is -12.6. The van der Waals surface area contributed by atoms with Gasteiger partial charge in [-0.3, -0.25) is 20.2 Å². The summed E-state index contributed by atoms with van der Waals surface area (Å²) in [6.07, 6.45) is 0. The topological polar surface area (TPSA) is 131 Å². The molecule has 0 aliphatic heterocycles. The van der Waals surface area contributed by atoms with Gasteiger partial charge in [0.1, 0.15) is 0 Å². The van der Waals surface area contributed by atoms with Crippen LogP contribution >= 0.6 is 0 Å². The zero-order chi connectivity index (χ0) is 65.6. The maximum atomic E-state index is 10.9.